The molecule has 5 heterocycles. The Morgan fingerprint density at radius 1 is 1.18 bits per heavy atom. The molecule has 2 aromatic rings. The van der Waals surface area contributed by atoms with Crippen molar-refractivity contribution in [2.24, 2.45) is 10.8 Å². The fraction of sp³-hybridized carbons (Fsp3) is 0.484. The Labute approximate surface area is 235 Å². The molecular weight excluding hydrogens is 508 g/mol. The van der Waals surface area contributed by atoms with Gasteiger partial charge in [0.25, 0.3) is 0 Å². The summed E-state index contributed by atoms with van der Waals surface area (Å²) >= 11 is 1.77. The molecule has 3 amide bonds. The summed E-state index contributed by atoms with van der Waals surface area (Å²) in [5.74, 6) is 0.757. The Kier molecular flexibility index (Phi) is 7.76. The second-order valence-electron chi connectivity index (χ2n) is 12.3. The van der Waals surface area contributed by atoms with Gasteiger partial charge in [0.05, 0.1) is 5.41 Å². The molecule has 3 aliphatic rings. The Balaban J connectivity index is 1.19. The summed E-state index contributed by atoms with van der Waals surface area (Å²) in [6.07, 6.45) is 11.6. The molecule has 0 aromatic carbocycles. The number of piperidine rings is 1. The van der Waals surface area contributed by atoms with Gasteiger partial charge in [0, 0.05) is 56.2 Å². The molecule has 3 aliphatic heterocycles. The third-order valence-corrected chi connectivity index (χ3v) is 8.88. The Bertz CT molecular complexity index is 1300. The van der Waals surface area contributed by atoms with Crippen LogP contribution in [-0.4, -0.2) is 58.7 Å². The molecule has 8 heteroatoms. The molecule has 1 saturated heterocycles. The number of amides is 3. The van der Waals surface area contributed by atoms with Crippen molar-refractivity contribution in [3.8, 4) is 0 Å². The predicted octanol–water partition coefficient (Wildman–Crippen LogP) is 5.10. The third-order valence-electron chi connectivity index (χ3n) is 8.00. The summed E-state index contributed by atoms with van der Waals surface area (Å²) in [6, 6.07) is 6.26. The highest BCUT2D eigenvalue weighted by Crippen LogP contribution is 2.41. The molecule has 0 saturated carbocycles. The average Bonchev–Trinajstić information content (AvgIpc) is 3.41. The van der Waals surface area contributed by atoms with Crippen LogP contribution in [0, 0.1) is 10.8 Å². The first-order valence-corrected chi connectivity index (χ1v) is 14.7. The van der Waals surface area contributed by atoms with Crippen LogP contribution in [0.25, 0.3) is 6.08 Å². The van der Waals surface area contributed by atoms with Crippen molar-refractivity contribution < 1.29 is 14.4 Å². The molecule has 39 heavy (non-hydrogen) atoms. The van der Waals surface area contributed by atoms with E-state index < -0.39 is 5.41 Å². The third kappa shape index (κ3) is 6.49. The Morgan fingerprint density at radius 3 is 2.64 bits per heavy atom. The zero-order valence-electron chi connectivity index (χ0n) is 23.2. The molecule has 0 atom stereocenters. The molecular formula is C31H38N4O3S. The van der Waals surface area contributed by atoms with Crippen LogP contribution in [0.5, 0.6) is 0 Å². The molecule has 0 bridgehead atoms. The Morgan fingerprint density at radius 2 is 1.97 bits per heavy atom. The van der Waals surface area contributed by atoms with E-state index in [1.165, 1.54) is 10.5 Å². The number of carbonyl (C=O) groups excluding carboxylic acids is 3. The van der Waals surface area contributed by atoms with Gasteiger partial charge >= 0.3 is 0 Å². The van der Waals surface area contributed by atoms with E-state index in [-0.39, 0.29) is 23.1 Å². The summed E-state index contributed by atoms with van der Waals surface area (Å²) in [6.45, 7) is 8.77. The van der Waals surface area contributed by atoms with Gasteiger partial charge in [0.1, 0.15) is 5.82 Å². The number of thiophene rings is 1. The normalized spacial score (nSPS) is 19.2. The molecule has 1 fully saturated rings. The summed E-state index contributed by atoms with van der Waals surface area (Å²) in [5.41, 5.74) is 2.65. The lowest BCUT2D eigenvalue weighted by molar-refractivity contribution is -0.139. The molecule has 2 aromatic heterocycles. The molecule has 206 valence electrons. The second-order valence-corrected chi connectivity index (χ2v) is 13.3. The first-order chi connectivity index (χ1) is 18.6. The van der Waals surface area contributed by atoms with Crippen LogP contribution < -0.4 is 5.32 Å². The van der Waals surface area contributed by atoms with E-state index in [2.05, 4.69) is 54.7 Å². The highest BCUT2D eigenvalue weighted by Gasteiger charge is 2.45. The number of pyridine rings is 1. The van der Waals surface area contributed by atoms with Crippen molar-refractivity contribution in [1.82, 2.24) is 14.8 Å². The van der Waals surface area contributed by atoms with Crippen LogP contribution in [0.3, 0.4) is 0 Å². The van der Waals surface area contributed by atoms with E-state index in [4.69, 9.17) is 0 Å². The van der Waals surface area contributed by atoms with Gasteiger partial charge < -0.3 is 15.1 Å². The molecule has 1 N–H and O–H groups in total. The van der Waals surface area contributed by atoms with Crippen molar-refractivity contribution in [3.63, 3.8) is 0 Å². The molecule has 7 nitrogen and oxygen atoms in total. The largest absolute Gasteiger partial charge is 0.343 e. The van der Waals surface area contributed by atoms with Crippen molar-refractivity contribution in [2.75, 3.05) is 31.5 Å². The zero-order valence-corrected chi connectivity index (χ0v) is 24.0. The maximum absolute atomic E-state index is 13.1. The van der Waals surface area contributed by atoms with Crippen LogP contribution >= 0.6 is 11.3 Å². The number of nitrogens with one attached hydrogen (secondary N) is 1. The fourth-order valence-electron chi connectivity index (χ4n) is 5.69. The van der Waals surface area contributed by atoms with E-state index in [0.29, 0.717) is 51.1 Å². The molecule has 0 aliphatic carbocycles. The number of fused-ring (bicyclic) bond motifs is 1. The maximum atomic E-state index is 13.1. The van der Waals surface area contributed by atoms with Crippen LogP contribution in [0.2, 0.25) is 0 Å². The van der Waals surface area contributed by atoms with Crippen molar-refractivity contribution >= 4 is 41.0 Å². The van der Waals surface area contributed by atoms with E-state index in [0.717, 1.165) is 30.5 Å². The minimum Gasteiger partial charge on any atom is -0.343 e. The number of anilines is 1. The number of hydrogen-bond donors (Lipinski definition) is 1. The maximum Gasteiger partial charge on any atom is 0.246 e. The summed E-state index contributed by atoms with van der Waals surface area (Å²) in [5, 5.41) is 5.11. The standard InChI is InChI=1S/C31H38N4O3S/c1-30(2,3)20-27(37)35-14-10-31(11-15-35)19-24-17-23(21-32-28(24)33-29(31)38)6-7-26(36)34-12-8-22(9-13-34)18-25-5-4-16-39-25/h4-8,16-17,21H,9-15,18-20H2,1-3H3,(H,32,33,38)/b7-6+. The van der Waals surface area contributed by atoms with E-state index in [9.17, 15) is 14.4 Å². The predicted molar refractivity (Wildman–Crippen MR) is 155 cm³/mol. The van der Waals surface area contributed by atoms with Gasteiger partial charge in [-0.15, -0.1) is 11.3 Å². The first kappa shape index (κ1) is 27.3. The quantitative estimate of drug-likeness (QED) is 0.418. The van der Waals surface area contributed by atoms with Gasteiger partial charge in [-0.1, -0.05) is 38.5 Å². The van der Waals surface area contributed by atoms with Crippen LogP contribution in [0.1, 0.15) is 62.5 Å². The van der Waals surface area contributed by atoms with Gasteiger partial charge in [-0.2, -0.15) is 0 Å². The summed E-state index contributed by atoms with van der Waals surface area (Å²) in [4.78, 5) is 48.3. The molecule has 0 unspecified atom stereocenters. The van der Waals surface area contributed by atoms with Crippen molar-refractivity contribution in [1.29, 1.82) is 0 Å². The van der Waals surface area contributed by atoms with Crippen molar-refractivity contribution in [3.05, 3.63) is 63.5 Å². The lowest BCUT2D eigenvalue weighted by Gasteiger charge is -2.43. The van der Waals surface area contributed by atoms with Crippen LogP contribution in [0.15, 0.2) is 47.5 Å². The number of nitrogens with zero attached hydrogens (tertiary/aromatic N) is 3. The van der Waals surface area contributed by atoms with E-state index in [1.807, 2.05) is 21.9 Å². The highest BCUT2D eigenvalue weighted by molar-refractivity contribution is 7.09. The summed E-state index contributed by atoms with van der Waals surface area (Å²) in [7, 11) is 0. The number of likely N-dealkylation sites (tertiary alicyclic amines) is 1. The van der Waals surface area contributed by atoms with Gasteiger partial charge in [0.15, 0.2) is 0 Å². The molecule has 5 rings (SSSR count). The van der Waals surface area contributed by atoms with Crippen LogP contribution in [0.4, 0.5) is 5.82 Å². The second kappa shape index (κ2) is 11.1. The van der Waals surface area contributed by atoms with Gasteiger partial charge in [-0.3, -0.25) is 14.4 Å². The minimum atomic E-state index is -0.522. The number of hydrogen-bond acceptors (Lipinski definition) is 5. The van der Waals surface area contributed by atoms with E-state index in [1.54, 1.807) is 23.6 Å². The monoisotopic (exact) mass is 546 g/mol. The molecule has 0 radical (unpaired) electrons. The average molecular weight is 547 g/mol. The lowest BCUT2D eigenvalue weighted by atomic mass is 9.71. The summed E-state index contributed by atoms with van der Waals surface area (Å²) < 4.78 is 0. The minimum absolute atomic E-state index is 0.000455. The number of carbonyl (C=O) groups is 3. The zero-order chi connectivity index (χ0) is 27.6. The van der Waals surface area contributed by atoms with Crippen molar-refractivity contribution in [2.45, 2.75) is 59.3 Å². The smallest absolute Gasteiger partial charge is 0.246 e. The SMILES string of the molecule is CC(C)(C)CC(=O)N1CCC2(CC1)Cc1cc(/C=C/C(=O)N3CC=C(Cc4cccs4)CC3)cnc1NC2=O. The topological polar surface area (TPSA) is 82.6 Å². The number of aromatic nitrogens is 1. The van der Waals surface area contributed by atoms with Crippen LogP contribution in [-0.2, 0) is 27.2 Å². The fourth-order valence-corrected chi connectivity index (χ4v) is 6.45. The highest BCUT2D eigenvalue weighted by atomic mass is 32.1. The van der Waals surface area contributed by atoms with Gasteiger partial charge in [0.2, 0.25) is 17.7 Å². The number of rotatable bonds is 5. The molecule has 1 spiro atoms. The Hall–Kier alpha value is -3.26. The van der Waals surface area contributed by atoms with Gasteiger partial charge in [-0.05, 0) is 65.8 Å². The lowest BCUT2D eigenvalue weighted by Crippen LogP contribution is -2.51. The first-order valence-electron chi connectivity index (χ1n) is 13.9. The van der Waals surface area contributed by atoms with Gasteiger partial charge in [-0.25, -0.2) is 4.98 Å². The van der Waals surface area contributed by atoms with E-state index >= 15 is 0 Å².